The van der Waals surface area contributed by atoms with Gasteiger partial charge in [-0.1, -0.05) is 0 Å². The van der Waals surface area contributed by atoms with Crippen LogP contribution in [-0.4, -0.2) is 19.0 Å². The third-order valence-electron chi connectivity index (χ3n) is 13.0. The molecule has 6 aromatic rings. The number of rotatable bonds is 11. The number of benzene rings is 6. The Morgan fingerprint density at radius 3 is 1.13 bits per heavy atom. The first-order chi connectivity index (χ1) is 30.0. The first kappa shape index (κ1) is 42.1. The van der Waals surface area contributed by atoms with Gasteiger partial charge in [0.05, 0.1) is 0 Å². The molecule has 0 fully saturated rings. The van der Waals surface area contributed by atoms with Crippen molar-refractivity contribution in [2.45, 2.75) is 66.9 Å². The van der Waals surface area contributed by atoms with E-state index in [9.17, 15) is 0 Å². The minimum atomic E-state index is -3.75. The summed E-state index contributed by atoms with van der Waals surface area (Å²) in [7, 11) is 0.750. The van der Waals surface area contributed by atoms with Crippen molar-refractivity contribution in [3.63, 3.8) is 0 Å². The van der Waals surface area contributed by atoms with Gasteiger partial charge < -0.3 is 5.11 Å². The van der Waals surface area contributed by atoms with Gasteiger partial charge in [0.25, 0.3) is 0 Å². The third-order valence-corrected chi connectivity index (χ3v) is 16.1. The molecule has 0 bridgehead atoms. The van der Waals surface area contributed by atoms with E-state index in [0.29, 0.717) is 0 Å². The smallest absolute Gasteiger partial charge is 0.153 e. The van der Waals surface area contributed by atoms with E-state index in [1.165, 1.54) is 29.6 Å². The molecule has 0 aliphatic heterocycles. The van der Waals surface area contributed by atoms with E-state index >= 15 is 9.59 Å². The van der Waals surface area contributed by atoms with Gasteiger partial charge in [0, 0.05) is 0 Å². The second-order valence-electron chi connectivity index (χ2n) is 16.1. The molecule has 9 rings (SSSR count). The molecule has 6 heteroatoms. The molecule has 0 saturated carbocycles. The average molecular weight is 841 g/mol. The SMILES string of the molecule is CC1C2=C(CCCC2)C2=C1[CH]([Ti+]([O]C(=O)C(c1ccccc1)(c1ccccc1)c1ccccc1)[O]C(=O)C(c1ccccc1)(c1ccccc1)c1ccccc1)CCC2.C[O-]. The van der Waals surface area contributed by atoms with Crippen molar-refractivity contribution >= 4 is 11.9 Å². The van der Waals surface area contributed by atoms with Gasteiger partial charge in [-0.3, -0.25) is 0 Å². The first-order valence-corrected chi connectivity index (χ1v) is 23.7. The molecule has 0 saturated heterocycles. The number of hydrogen-bond donors (Lipinski definition) is 0. The van der Waals surface area contributed by atoms with Gasteiger partial charge >= 0.3 is 357 Å². The van der Waals surface area contributed by atoms with Crippen LogP contribution in [0.2, 0.25) is 4.22 Å². The number of carbonyl (C=O) groups is 2. The zero-order valence-electron chi connectivity index (χ0n) is 35.0. The number of allylic oxidation sites excluding steroid dienone is 4. The quantitative estimate of drug-likeness (QED) is 0.0959. The van der Waals surface area contributed by atoms with Crippen molar-refractivity contribution in [1.82, 2.24) is 0 Å². The Morgan fingerprint density at radius 2 is 0.787 bits per heavy atom. The largest absolute Gasteiger partial charge is 0.857 e. The topological polar surface area (TPSA) is 75.7 Å². The van der Waals surface area contributed by atoms with Crippen LogP contribution in [0.5, 0.6) is 0 Å². The second kappa shape index (κ2) is 19.0. The maximum atomic E-state index is 16.0. The fourth-order valence-corrected chi connectivity index (χ4v) is 13.7. The van der Waals surface area contributed by atoms with Crippen molar-refractivity contribution in [3.8, 4) is 0 Å². The standard InChI is InChI=1S/2C20H16O2.C14H19.CH3O.Ti/c2*21-19(22)20(16-10-4-1-5-11-16,17-12-6-2-7-13-17)18-14-8-3-9-15-18;1-10-11-6-2-4-8-13(11)14-9-5-3-7-12(10)14;1-2;/h2*1-15H,(H,21,22);6,10H,2-5,7-9H2,1H3;1H3;/q;;;-1;+3/p-2. The van der Waals surface area contributed by atoms with Gasteiger partial charge in [-0.2, -0.15) is 7.11 Å². The van der Waals surface area contributed by atoms with Crippen LogP contribution in [0.4, 0.5) is 0 Å². The van der Waals surface area contributed by atoms with Crippen LogP contribution in [-0.2, 0) is 45.7 Å². The Balaban J connectivity index is 0.00000253. The molecule has 0 heterocycles. The van der Waals surface area contributed by atoms with Gasteiger partial charge in [-0.25, -0.2) is 0 Å². The van der Waals surface area contributed by atoms with Crippen molar-refractivity contribution in [1.29, 1.82) is 0 Å². The number of hydrogen-bond acceptors (Lipinski definition) is 5. The summed E-state index contributed by atoms with van der Waals surface area (Å²) in [5.74, 6) is -0.593. The molecule has 0 radical (unpaired) electrons. The molecule has 3 aliphatic rings. The Morgan fingerprint density at radius 1 is 0.475 bits per heavy atom. The summed E-state index contributed by atoms with van der Waals surface area (Å²) in [4.78, 5) is 32.0. The summed E-state index contributed by atoms with van der Waals surface area (Å²) in [6.45, 7) is 2.34. The molecule has 306 valence electrons. The van der Waals surface area contributed by atoms with Crippen LogP contribution in [0.1, 0.15) is 85.3 Å². The molecule has 2 atom stereocenters. The molecule has 61 heavy (non-hydrogen) atoms. The minimum absolute atomic E-state index is 0.160. The van der Waals surface area contributed by atoms with Gasteiger partial charge in [0.2, 0.25) is 0 Å². The summed E-state index contributed by atoms with van der Waals surface area (Å²) < 4.78 is 14.3. The zero-order chi connectivity index (χ0) is 42.2. The molecule has 3 aliphatic carbocycles. The summed E-state index contributed by atoms with van der Waals surface area (Å²) in [6.07, 6.45) is 7.38. The molecular formula is C55H52O5Ti. The van der Waals surface area contributed by atoms with Crippen molar-refractivity contribution in [2.24, 2.45) is 5.92 Å². The Labute approximate surface area is 367 Å². The molecule has 2 unspecified atom stereocenters. The maximum Gasteiger partial charge on any atom is -0.153 e. The molecule has 0 amide bonds. The van der Waals surface area contributed by atoms with Crippen LogP contribution in [0.3, 0.4) is 0 Å². The summed E-state index contributed by atoms with van der Waals surface area (Å²) in [5.41, 5.74) is 8.02. The minimum Gasteiger partial charge on any atom is -0.857 e. The van der Waals surface area contributed by atoms with Crippen molar-refractivity contribution < 1.29 is 40.0 Å². The molecule has 5 nitrogen and oxygen atoms in total. The Kier molecular flexibility index (Phi) is 13.1. The second-order valence-corrected chi connectivity index (χ2v) is 18.8. The predicted octanol–water partition coefficient (Wildman–Crippen LogP) is 11.4. The van der Waals surface area contributed by atoms with Gasteiger partial charge in [-0.15, -0.1) is 0 Å². The summed E-state index contributed by atoms with van der Waals surface area (Å²) in [6, 6.07) is 59.7. The van der Waals surface area contributed by atoms with E-state index in [4.69, 9.17) is 11.7 Å². The van der Waals surface area contributed by atoms with Crippen LogP contribution >= 0.6 is 0 Å². The normalized spacial score (nSPS) is 17.3. The van der Waals surface area contributed by atoms with Crippen LogP contribution in [0.25, 0.3) is 0 Å². The van der Waals surface area contributed by atoms with Gasteiger partial charge in [-0.05, 0) is 0 Å². The zero-order valence-corrected chi connectivity index (χ0v) is 36.5. The van der Waals surface area contributed by atoms with Crippen molar-refractivity contribution in [3.05, 3.63) is 238 Å². The van der Waals surface area contributed by atoms with Crippen molar-refractivity contribution in [2.75, 3.05) is 7.11 Å². The van der Waals surface area contributed by atoms with E-state index in [-0.39, 0.29) is 10.1 Å². The predicted molar refractivity (Wildman–Crippen MR) is 236 cm³/mol. The molecule has 0 spiro atoms. The first-order valence-electron chi connectivity index (χ1n) is 21.5. The van der Waals surface area contributed by atoms with E-state index in [2.05, 4.69) is 6.92 Å². The van der Waals surface area contributed by atoms with E-state index < -0.39 is 41.4 Å². The summed E-state index contributed by atoms with van der Waals surface area (Å²) >= 11 is -3.75. The molecule has 0 N–H and O–H groups in total. The van der Waals surface area contributed by atoms with Gasteiger partial charge in [0.15, 0.2) is 0 Å². The van der Waals surface area contributed by atoms with E-state index in [0.717, 1.165) is 72.6 Å². The molecular weight excluding hydrogens is 788 g/mol. The van der Waals surface area contributed by atoms with Crippen LogP contribution in [0.15, 0.2) is 204 Å². The van der Waals surface area contributed by atoms with Crippen LogP contribution in [0, 0.1) is 5.92 Å². The number of carbonyl (C=O) groups excluding carboxylic acids is 2. The molecule has 6 aromatic carbocycles. The monoisotopic (exact) mass is 840 g/mol. The molecule has 0 aromatic heterocycles. The average Bonchev–Trinajstić information content (AvgIpc) is 3.63. The fourth-order valence-electron chi connectivity index (χ4n) is 10.4. The van der Waals surface area contributed by atoms with Crippen LogP contribution < -0.4 is 5.11 Å². The summed E-state index contributed by atoms with van der Waals surface area (Å²) in [5, 5.41) is 8.25. The fraction of sp³-hybridized carbons (Fsp3) is 0.236. The maximum absolute atomic E-state index is 16.0. The van der Waals surface area contributed by atoms with E-state index in [1.807, 2.05) is 182 Å². The van der Waals surface area contributed by atoms with E-state index in [1.54, 1.807) is 5.57 Å². The Hall–Kier alpha value is -5.59. The Bertz CT molecular complexity index is 2130. The third kappa shape index (κ3) is 7.69. The van der Waals surface area contributed by atoms with Gasteiger partial charge in [0.1, 0.15) is 0 Å². The number of fused-ring (bicyclic) bond motifs is 1.